The minimum atomic E-state index is -2.69. The van der Waals surface area contributed by atoms with E-state index in [0.29, 0.717) is 5.56 Å². The Hall–Kier alpha value is -1.91. The summed E-state index contributed by atoms with van der Waals surface area (Å²) in [4.78, 5) is 11.1. The second-order valence-electron chi connectivity index (χ2n) is 3.36. The Morgan fingerprint density at radius 2 is 2.06 bits per heavy atom. The molecule has 1 aromatic carbocycles. The Morgan fingerprint density at radius 1 is 1.38 bits per heavy atom. The molecule has 0 spiro atoms. The lowest BCUT2D eigenvalue weighted by Gasteiger charge is -2.23. The van der Waals surface area contributed by atoms with Gasteiger partial charge in [0, 0.05) is 11.1 Å². The lowest BCUT2D eigenvalue weighted by Crippen LogP contribution is -2.29. The van der Waals surface area contributed by atoms with Gasteiger partial charge in [0.25, 0.3) is 6.43 Å². The number of para-hydroxylation sites is 1. The first kappa shape index (κ1) is 10.6. The molecule has 0 radical (unpaired) electrons. The van der Waals surface area contributed by atoms with Gasteiger partial charge in [-0.3, -0.25) is 4.79 Å². The first-order chi connectivity index (χ1) is 7.59. The fourth-order valence-electron chi connectivity index (χ4n) is 1.57. The van der Waals surface area contributed by atoms with E-state index in [4.69, 9.17) is 10.5 Å². The number of alkyl halides is 2. The van der Waals surface area contributed by atoms with Crippen LogP contribution < -0.4 is 10.5 Å². The van der Waals surface area contributed by atoms with E-state index in [1.807, 2.05) is 0 Å². The molecule has 1 aliphatic heterocycles. The van der Waals surface area contributed by atoms with Gasteiger partial charge in [-0.1, -0.05) is 18.2 Å². The number of ether oxygens (including phenoxy) is 1. The highest BCUT2D eigenvalue weighted by Gasteiger charge is 2.28. The molecule has 0 aliphatic carbocycles. The van der Waals surface area contributed by atoms with Crippen LogP contribution in [0.2, 0.25) is 0 Å². The number of fused-ring (bicyclic) bond motifs is 1. The van der Waals surface area contributed by atoms with Crippen LogP contribution in [-0.4, -0.2) is 18.4 Å². The van der Waals surface area contributed by atoms with Crippen molar-refractivity contribution >= 4 is 11.5 Å². The predicted molar refractivity (Wildman–Crippen MR) is 54.0 cm³/mol. The highest BCUT2D eigenvalue weighted by atomic mass is 19.3. The van der Waals surface area contributed by atoms with Gasteiger partial charge in [-0.15, -0.1) is 0 Å². The van der Waals surface area contributed by atoms with Gasteiger partial charge in [0.05, 0.1) is 0 Å². The molecule has 1 heterocycles. The van der Waals surface area contributed by atoms with E-state index < -0.39 is 18.4 Å². The molecule has 1 aromatic rings. The summed E-state index contributed by atoms with van der Waals surface area (Å²) in [7, 11) is 0. The quantitative estimate of drug-likeness (QED) is 0.830. The maximum atomic E-state index is 12.5. The van der Waals surface area contributed by atoms with E-state index in [0.717, 1.165) is 6.08 Å². The van der Waals surface area contributed by atoms with E-state index in [2.05, 4.69) is 0 Å². The third-order valence-electron chi connectivity index (χ3n) is 2.29. The molecule has 0 saturated heterocycles. The highest BCUT2D eigenvalue weighted by Crippen LogP contribution is 2.32. The second kappa shape index (κ2) is 3.92. The van der Waals surface area contributed by atoms with Crippen molar-refractivity contribution in [2.45, 2.75) is 12.5 Å². The molecular formula is C11H9F2NO2. The summed E-state index contributed by atoms with van der Waals surface area (Å²) in [6, 6.07) is 6.46. The van der Waals surface area contributed by atoms with Crippen molar-refractivity contribution in [3.8, 4) is 5.75 Å². The number of carbonyl (C=O) groups excluding carboxylic acids is 1. The van der Waals surface area contributed by atoms with Crippen molar-refractivity contribution < 1.29 is 18.3 Å². The molecular weight excluding hydrogens is 216 g/mol. The number of primary amides is 1. The van der Waals surface area contributed by atoms with Crippen LogP contribution in [0.4, 0.5) is 8.78 Å². The molecule has 0 saturated carbocycles. The van der Waals surface area contributed by atoms with Gasteiger partial charge in [-0.25, -0.2) is 8.78 Å². The molecule has 2 rings (SSSR count). The van der Waals surface area contributed by atoms with Gasteiger partial charge in [-0.05, 0) is 12.1 Å². The van der Waals surface area contributed by atoms with Crippen molar-refractivity contribution in [1.29, 1.82) is 0 Å². The molecule has 3 nitrogen and oxygen atoms in total. The fraction of sp³-hybridized carbons (Fsp3) is 0.182. The lowest BCUT2D eigenvalue weighted by molar-refractivity contribution is -0.112. The van der Waals surface area contributed by atoms with Crippen LogP contribution in [0.25, 0.3) is 5.57 Å². The van der Waals surface area contributed by atoms with Gasteiger partial charge in [0.1, 0.15) is 5.75 Å². The SMILES string of the molecule is NC(=O)C1=CC(C(F)F)Oc2ccccc21. The van der Waals surface area contributed by atoms with Crippen LogP contribution in [0.3, 0.4) is 0 Å². The van der Waals surface area contributed by atoms with Crippen molar-refractivity contribution in [2.24, 2.45) is 5.73 Å². The third kappa shape index (κ3) is 1.76. The molecule has 1 amide bonds. The van der Waals surface area contributed by atoms with Gasteiger partial charge >= 0.3 is 0 Å². The lowest BCUT2D eigenvalue weighted by atomic mass is 10.00. The predicted octanol–water partition coefficient (Wildman–Crippen LogP) is 1.58. The van der Waals surface area contributed by atoms with Gasteiger partial charge in [-0.2, -0.15) is 0 Å². The smallest absolute Gasteiger partial charge is 0.278 e. The van der Waals surface area contributed by atoms with Crippen molar-refractivity contribution in [2.75, 3.05) is 0 Å². The van der Waals surface area contributed by atoms with E-state index in [1.165, 1.54) is 6.07 Å². The van der Waals surface area contributed by atoms with Crippen LogP contribution >= 0.6 is 0 Å². The topological polar surface area (TPSA) is 52.3 Å². The fourth-order valence-corrected chi connectivity index (χ4v) is 1.57. The van der Waals surface area contributed by atoms with E-state index in [1.54, 1.807) is 18.2 Å². The molecule has 0 bridgehead atoms. The second-order valence-corrected chi connectivity index (χ2v) is 3.36. The number of hydrogen-bond donors (Lipinski definition) is 1. The average molecular weight is 225 g/mol. The zero-order valence-electron chi connectivity index (χ0n) is 8.19. The molecule has 1 atom stereocenters. The van der Waals surface area contributed by atoms with E-state index >= 15 is 0 Å². The molecule has 84 valence electrons. The summed E-state index contributed by atoms with van der Waals surface area (Å²) < 4.78 is 30.1. The van der Waals surface area contributed by atoms with Gasteiger partial charge < -0.3 is 10.5 Å². The summed E-state index contributed by atoms with van der Waals surface area (Å²) in [5.41, 5.74) is 5.66. The Morgan fingerprint density at radius 3 is 2.69 bits per heavy atom. The number of rotatable bonds is 2. The summed E-state index contributed by atoms with van der Waals surface area (Å²) in [5, 5.41) is 0. The van der Waals surface area contributed by atoms with Crippen molar-refractivity contribution in [1.82, 2.24) is 0 Å². The minimum absolute atomic E-state index is 0.0761. The van der Waals surface area contributed by atoms with Crippen LogP contribution in [0.5, 0.6) is 5.75 Å². The van der Waals surface area contributed by atoms with Crippen LogP contribution in [0.1, 0.15) is 5.56 Å². The van der Waals surface area contributed by atoms with Crippen LogP contribution in [0.15, 0.2) is 30.3 Å². The summed E-state index contributed by atoms with van der Waals surface area (Å²) >= 11 is 0. The summed E-state index contributed by atoms with van der Waals surface area (Å²) in [6.45, 7) is 0. The molecule has 2 N–H and O–H groups in total. The highest BCUT2D eigenvalue weighted by molar-refractivity contribution is 6.19. The monoisotopic (exact) mass is 225 g/mol. The molecule has 1 unspecified atom stereocenters. The zero-order valence-corrected chi connectivity index (χ0v) is 8.19. The molecule has 0 fully saturated rings. The first-order valence-electron chi connectivity index (χ1n) is 4.65. The summed E-state index contributed by atoms with van der Waals surface area (Å²) in [6.07, 6.45) is -3.05. The number of nitrogens with two attached hydrogens (primary N) is 1. The number of halogens is 2. The molecule has 5 heteroatoms. The van der Waals surface area contributed by atoms with Gasteiger partial charge in [0.15, 0.2) is 6.10 Å². The van der Waals surface area contributed by atoms with E-state index in [9.17, 15) is 13.6 Å². The number of amides is 1. The Balaban J connectivity index is 2.49. The zero-order chi connectivity index (χ0) is 11.7. The van der Waals surface area contributed by atoms with Crippen molar-refractivity contribution in [3.63, 3.8) is 0 Å². The number of carbonyl (C=O) groups is 1. The minimum Gasteiger partial charge on any atom is -0.480 e. The normalized spacial score (nSPS) is 18.7. The number of hydrogen-bond acceptors (Lipinski definition) is 2. The Labute approximate surface area is 90.5 Å². The maximum Gasteiger partial charge on any atom is 0.278 e. The maximum absolute atomic E-state index is 12.5. The van der Waals surface area contributed by atoms with Crippen LogP contribution in [-0.2, 0) is 4.79 Å². The Kier molecular flexibility index (Phi) is 2.60. The standard InChI is InChI=1S/C11H9F2NO2/c12-10(13)9-5-7(11(14)15)6-3-1-2-4-8(6)16-9/h1-5,9-10H,(H2,14,15). The average Bonchev–Trinajstić information content (AvgIpc) is 2.27. The first-order valence-corrected chi connectivity index (χ1v) is 4.65. The molecule has 0 aromatic heterocycles. The summed E-state index contributed by atoms with van der Waals surface area (Å²) in [5.74, 6) is -0.481. The van der Waals surface area contributed by atoms with Gasteiger partial charge in [0.2, 0.25) is 5.91 Å². The van der Waals surface area contributed by atoms with E-state index in [-0.39, 0.29) is 11.3 Å². The molecule has 16 heavy (non-hydrogen) atoms. The largest absolute Gasteiger partial charge is 0.480 e. The van der Waals surface area contributed by atoms with Crippen LogP contribution in [0, 0.1) is 0 Å². The Bertz CT molecular complexity index is 457. The third-order valence-corrected chi connectivity index (χ3v) is 2.29. The van der Waals surface area contributed by atoms with Crippen molar-refractivity contribution in [3.05, 3.63) is 35.9 Å². The molecule has 1 aliphatic rings. The number of benzene rings is 1.